The topological polar surface area (TPSA) is 45.6 Å². The molecule has 1 atom stereocenters. The molecule has 5 nitrogen and oxygen atoms in total. The van der Waals surface area contributed by atoms with Crippen molar-refractivity contribution in [3.8, 4) is 0 Å². The summed E-state index contributed by atoms with van der Waals surface area (Å²) in [5, 5.41) is 0. The highest BCUT2D eigenvalue weighted by Gasteiger charge is 2.29. The van der Waals surface area contributed by atoms with Crippen molar-refractivity contribution in [1.29, 1.82) is 0 Å². The van der Waals surface area contributed by atoms with Crippen LogP contribution in [0.1, 0.15) is 69.2 Å². The Morgan fingerprint density at radius 3 is 2.41 bits per heavy atom. The highest BCUT2D eigenvalue weighted by atomic mass is 79.9. The third-order valence-electron chi connectivity index (χ3n) is 7.79. The van der Waals surface area contributed by atoms with E-state index in [1.165, 1.54) is 12.0 Å². The summed E-state index contributed by atoms with van der Waals surface area (Å²) < 4.78 is 3.29. The Labute approximate surface area is 241 Å². The predicted octanol–water partition coefficient (Wildman–Crippen LogP) is 7.30. The van der Waals surface area contributed by atoms with E-state index in [0.717, 1.165) is 54.4 Å². The van der Waals surface area contributed by atoms with E-state index in [4.69, 9.17) is 0 Å². The molecule has 1 unspecified atom stereocenters. The van der Waals surface area contributed by atoms with E-state index >= 15 is 0 Å². The number of carbonyl (C=O) groups excluding carboxylic acids is 2. The van der Waals surface area contributed by atoms with Gasteiger partial charge in [-0.3, -0.25) is 9.59 Å². The first-order chi connectivity index (χ1) is 18.9. The van der Waals surface area contributed by atoms with Crippen LogP contribution in [0, 0.1) is 0 Å². The maximum absolute atomic E-state index is 14.0. The first-order valence-corrected chi connectivity index (χ1v) is 15.0. The van der Waals surface area contributed by atoms with Crippen molar-refractivity contribution in [1.82, 2.24) is 14.4 Å². The third-order valence-corrected chi connectivity index (χ3v) is 8.32. The second-order valence-corrected chi connectivity index (χ2v) is 11.5. The van der Waals surface area contributed by atoms with E-state index in [1.54, 1.807) is 11.0 Å². The highest BCUT2D eigenvalue weighted by molar-refractivity contribution is 9.10. The van der Waals surface area contributed by atoms with Crippen LogP contribution < -0.4 is 0 Å². The molecule has 6 heteroatoms. The van der Waals surface area contributed by atoms with Gasteiger partial charge in [-0.25, -0.2) is 0 Å². The number of benzene rings is 2. The quantitative estimate of drug-likeness (QED) is 0.220. The molecule has 2 aromatic carbocycles. The number of halogens is 1. The van der Waals surface area contributed by atoms with Gasteiger partial charge in [0, 0.05) is 41.1 Å². The summed E-state index contributed by atoms with van der Waals surface area (Å²) >= 11 is 3.51. The summed E-state index contributed by atoms with van der Waals surface area (Å²) in [5.74, 6) is -0.0937. The van der Waals surface area contributed by atoms with Crippen molar-refractivity contribution in [2.24, 2.45) is 0 Å². The van der Waals surface area contributed by atoms with Gasteiger partial charge in [-0.05, 0) is 67.7 Å². The summed E-state index contributed by atoms with van der Waals surface area (Å²) in [6.07, 6.45) is 11.8. The molecule has 206 valence electrons. The Morgan fingerprint density at radius 1 is 1.00 bits per heavy atom. The molecule has 2 amide bonds. The van der Waals surface area contributed by atoms with Gasteiger partial charge in [0.15, 0.2) is 0 Å². The first kappa shape index (κ1) is 28.9. The van der Waals surface area contributed by atoms with Crippen LogP contribution in [0.25, 0.3) is 6.08 Å². The van der Waals surface area contributed by atoms with Gasteiger partial charge in [0.2, 0.25) is 11.8 Å². The second-order valence-electron chi connectivity index (χ2n) is 10.5. The fraction of sp³-hybridized carbons (Fsp3) is 0.394. The molecule has 39 heavy (non-hydrogen) atoms. The van der Waals surface area contributed by atoms with Crippen LogP contribution in [0.4, 0.5) is 0 Å². The molecule has 1 aliphatic carbocycles. The maximum Gasteiger partial charge on any atom is 0.247 e. The van der Waals surface area contributed by atoms with E-state index in [-0.39, 0.29) is 30.4 Å². The minimum absolute atomic E-state index is 0.0278. The van der Waals surface area contributed by atoms with Crippen molar-refractivity contribution in [2.75, 3.05) is 6.54 Å². The highest BCUT2D eigenvalue weighted by Crippen LogP contribution is 2.25. The van der Waals surface area contributed by atoms with Crippen LogP contribution >= 0.6 is 15.9 Å². The van der Waals surface area contributed by atoms with Gasteiger partial charge < -0.3 is 14.4 Å². The van der Waals surface area contributed by atoms with Crippen molar-refractivity contribution in [3.63, 3.8) is 0 Å². The zero-order valence-electron chi connectivity index (χ0n) is 23.1. The molecule has 1 heterocycles. The number of nitrogens with zero attached hydrogens (tertiary/aromatic N) is 3. The van der Waals surface area contributed by atoms with Crippen LogP contribution in [-0.4, -0.2) is 44.8 Å². The normalized spacial score (nSPS) is 14.8. The molecule has 0 saturated heterocycles. The smallest absolute Gasteiger partial charge is 0.247 e. The van der Waals surface area contributed by atoms with Crippen LogP contribution in [0.2, 0.25) is 0 Å². The Hall–Kier alpha value is -3.12. The number of carbonyl (C=O) groups is 2. The SMILES string of the molecule is CCC(C)N(CC(=O)N(Cc1cccn1Cc1ccc(Br)cc1)C1CCCCC1)C(=O)C=Cc1ccccc1. The zero-order chi connectivity index (χ0) is 27.6. The van der Waals surface area contributed by atoms with Gasteiger partial charge in [-0.15, -0.1) is 0 Å². The van der Waals surface area contributed by atoms with Gasteiger partial charge in [-0.1, -0.05) is 84.6 Å². The first-order valence-electron chi connectivity index (χ1n) is 14.2. The molecule has 1 fully saturated rings. The van der Waals surface area contributed by atoms with Gasteiger partial charge in [-0.2, -0.15) is 0 Å². The van der Waals surface area contributed by atoms with Crippen molar-refractivity contribution >= 4 is 33.8 Å². The Morgan fingerprint density at radius 2 is 1.72 bits per heavy atom. The van der Waals surface area contributed by atoms with Gasteiger partial charge in [0.1, 0.15) is 6.54 Å². The number of hydrogen-bond acceptors (Lipinski definition) is 2. The summed E-state index contributed by atoms with van der Waals surface area (Å²) in [6.45, 7) is 5.48. The lowest BCUT2D eigenvalue weighted by Gasteiger charge is -2.37. The average molecular weight is 591 g/mol. The van der Waals surface area contributed by atoms with Gasteiger partial charge >= 0.3 is 0 Å². The van der Waals surface area contributed by atoms with E-state index in [0.29, 0.717) is 6.54 Å². The molecule has 4 rings (SSSR count). The van der Waals surface area contributed by atoms with E-state index < -0.39 is 0 Å². The molecule has 0 radical (unpaired) electrons. The molecular formula is C33H40BrN3O2. The molecule has 1 saturated carbocycles. The lowest BCUT2D eigenvalue weighted by Crippen LogP contribution is -2.49. The lowest BCUT2D eigenvalue weighted by atomic mass is 9.94. The molecule has 1 aliphatic rings. The number of rotatable bonds is 11. The molecule has 3 aromatic rings. The van der Waals surface area contributed by atoms with E-state index in [1.807, 2.05) is 43.3 Å². The van der Waals surface area contributed by atoms with Gasteiger partial charge in [0.25, 0.3) is 0 Å². The maximum atomic E-state index is 14.0. The molecular weight excluding hydrogens is 550 g/mol. The second kappa shape index (κ2) is 14.3. The largest absolute Gasteiger partial charge is 0.345 e. The lowest BCUT2D eigenvalue weighted by molar-refractivity contribution is -0.142. The predicted molar refractivity (Wildman–Crippen MR) is 162 cm³/mol. The van der Waals surface area contributed by atoms with Crippen LogP contribution in [0.5, 0.6) is 0 Å². The summed E-state index contributed by atoms with van der Waals surface area (Å²) in [4.78, 5) is 31.1. The Bertz CT molecular complexity index is 1230. The van der Waals surface area contributed by atoms with Crippen LogP contribution in [0.3, 0.4) is 0 Å². The molecule has 0 spiro atoms. The minimum atomic E-state index is -0.122. The fourth-order valence-corrected chi connectivity index (χ4v) is 5.52. The number of aromatic nitrogens is 1. The number of hydrogen-bond donors (Lipinski definition) is 0. The van der Waals surface area contributed by atoms with E-state index in [9.17, 15) is 9.59 Å². The van der Waals surface area contributed by atoms with E-state index in [2.05, 4.69) is 74.9 Å². The molecule has 0 N–H and O–H groups in total. The standard InChI is InChI=1S/C33H40BrN3O2/c1-3-26(2)36(32(38)21-18-27-11-6-4-7-12-27)25-33(39)37(30-13-8-5-9-14-30)24-31-15-10-22-35(31)23-28-16-19-29(34)20-17-28/h4,6-7,10-12,15-22,26,30H,3,5,8-9,13-14,23-25H2,1-2H3. The van der Waals surface area contributed by atoms with Crippen molar-refractivity contribution in [2.45, 2.75) is 77.5 Å². The molecule has 0 aliphatic heterocycles. The fourth-order valence-electron chi connectivity index (χ4n) is 5.26. The Kier molecular flexibility index (Phi) is 10.6. The van der Waals surface area contributed by atoms with Crippen molar-refractivity contribution in [3.05, 3.63) is 100 Å². The molecule has 1 aromatic heterocycles. The van der Waals surface area contributed by atoms with Crippen LogP contribution in [-0.2, 0) is 22.7 Å². The summed E-state index contributed by atoms with van der Waals surface area (Å²) in [6, 6.07) is 22.5. The average Bonchev–Trinajstić information content (AvgIpc) is 3.41. The van der Waals surface area contributed by atoms with Crippen LogP contribution in [0.15, 0.2) is 83.5 Å². The minimum Gasteiger partial charge on any atom is -0.345 e. The monoisotopic (exact) mass is 589 g/mol. The third kappa shape index (κ3) is 8.18. The van der Waals surface area contributed by atoms with Gasteiger partial charge in [0.05, 0.1) is 6.54 Å². The summed E-state index contributed by atoms with van der Waals surface area (Å²) in [7, 11) is 0. The number of amides is 2. The summed E-state index contributed by atoms with van der Waals surface area (Å²) in [5.41, 5.74) is 3.30. The Balaban J connectivity index is 1.52. The van der Waals surface area contributed by atoms with Crippen molar-refractivity contribution < 1.29 is 9.59 Å². The molecule has 0 bridgehead atoms. The zero-order valence-corrected chi connectivity index (χ0v) is 24.7.